The molecule has 2 aliphatic carbocycles. The minimum Gasteiger partial charge on any atom is -0.460 e. The molecule has 11 nitrogen and oxygen atoms in total. The van der Waals surface area contributed by atoms with Gasteiger partial charge in [-0.05, 0) is 89.1 Å². The molecule has 1 aliphatic heterocycles. The number of aromatic amines is 1. The predicted molar refractivity (Wildman–Crippen MR) is 161 cm³/mol. The van der Waals surface area contributed by atoms with Crippen LogP contribution in [0.1, 0.15) is 83.7 Å². The van der Waals surface area contributed by atoms with Gasteiger partial charge in [0.1, 0.15) is 11.0 Å². The molecule has 0 amide bonds. The minimum atomic E-state index is -3.68. The maximum absolute atomic E-state index is 13.5. The van der Waals surface area contributed by atoms with Crippen molar-refractivity contribution in [2.24, 2.45) is 11.8 Å². The van der Waals surface area contributed by atoms with Crippen molar-refractivity contribution in [3.05, 3.63) is 46.4 Å². The van der Waals surface area contributed by atoms with E-state index >= 15 is 0 Å². The lowest BCUT2D eigenvalue weighted by Gasteiger charge is -2.33. The number of nitriles is 1. The Morgan fingerprint density at radius 1 is 1.12 bits per heavy atom. The summed E-state index contributed by atoms with van der Waals surface area (Å²) in [4.78, 5) is 28.5. The number of sulfonamides is 1. The number of anilines is 2. The van der Waals surface area contributed by atoms with Crippen molar-refractivity contribution in [2.45, 2.75) is 101 Å². The highest BCUT2D eigenvalue weighted by Crippen LogP contribution is 2.40. The van der Waals surface area contributed by atoms with E-state index in [1.54, 1.807) is 28.7 Å². The van der Waals surface area contributed by atoms with E-state index in [9.17, 15) is 23.3 Å². The van der Waals surface area contributed by atoms with Gasteiger partial charge in [0.25, 0.3) is 5.56 Å². The second-order valence-electron chi connectivity index (χ2n) is 13.0. The molecule has 2 atom stereocenters. The van der Waals surface area contributed by atoms with Gasteiger partial charge in [0, 0.05) is 24.5 Å². The SMILES string of the molecule is CC(C)(C)OC(=O)C1CCC(N2Cc3cc(Nc4nn(C5CCCCC5C#N)c5cc[nH]c(=O)c45)ccc3S2(=O)=O)CC1. The lowest BCUT2D eigenvalue weighted by molar-refractivity contribution is -0.161. The van der Waals surface area contributed by atoms with Gasteiger partial charge in [-0.1, -0.05) is 12.8 Å². The Hall–Kier alpha value is -3.69. The molecule has 6 rings (SSSR count). The van der Waals surface area contributed by atoms with Crippen molar-refractivity contribution in [3.8, 4) is 6.07 Å². The molecule has 3 aliphatic rings. The number of carbonyl (C=O) groups excluding carboxylic acids is 1. The largest absolute Gasteiger partial charge is 0.460 e. The summed E-state index contributed by atoms with van der Waals surface area (Å²) in [6.07, 6.45) is 7.57. The standard InChI is InChI=1S/C31H38N6O5S/c1-31(2,3)42-30(39)19-8-11-23(12-9-19)36-18-21-16-22(10-13-26(21)43(36,40)41)34-28-27-25(14-15-33-29(27)38)37(35-28)24-7-5-4-6-20(24)17-32/h10,13-16,19-20,23-24H,4-9,11-12,18H2,1-3H3,(H,33,38)(H,34,35). The zero-order valence-electron chi connectivity index (χ0n) is 24.8. The van der Waals surface area contributed by atoms with E-state index in [2.05, 4.69) is 16.4 Å². The summed E-state index contributed by atoms with van der Waals surface area (Å²) in [5, 5.41) is 18.2. The van der Waals surface area contributed by atoms with Gasteiger partial charge in [0.15, 0.2) is 5.82 Å². The van der Waals surface area contributed by atoms with E-state index in [0.717, 1.165) is 25.7 Å². The summed E-state index contributed by atoms with van der Waals surface area (Å²) < 4.78 is 36.0. The maximum Gasteiger partial charge on any atom is 0.309 e. The molecule has 0 bridgehead atoms. The normalized spacial score (nSPS) is 25.6. The molecule has 1 aromatic carbocycles. The number of nitrogens with zero attached hydrogens (tertiary/aromatic N) is 4. The van der Waals surface area contributed by atoms with Crippen molar-refractivity contribution in [3.63, 3.8) is 0 Å². The third-order valence-corrected chi connectivity index (χ3v) is 10.9. The number of ether oxygens (including phenoxy) is 1. The van der Waals surface area contributed by atoms with Gasteiger partial charge >= 0.3 is 5.97 Å². The number of carbonyl (C=O) groups is 1. The average Bonchev–Trinajstić information content (AvgIpc) is 3.46. The highest BCUT2D eigenvalue weighted by Gasteiger charge is 2.42. The lowest BCUT2D eigenvalue weighted by Crippen LogP contribution is -2.40. The van der Waals surface area contributed by atoms with Crippen molar-refractivity contribution in [1.29, 1.82) is 5.26 Å². The van der Waals surface area contributed by atoms with Gasteiger partial charge in [-0.2, -0.15) is 14.7 Å². The van der Waals surface area contributed by atoms with Gasteiger partial charge in [-0.15, -0.1) is 0 Å². The lowest BCUT2D eigenvalue weighted by atomic mass is 9.85. The maximum atomic E-state index is 13.5. The first-order valence-electron chi connectivity index (χ1n) is 15.1. The molecule has 43 heavy (non-hydrogen) atoms. The molecule has 2 aromatic heterocycles. The van der Waals surface area contributed by atoms with Crippen LogP contribution in [0.2, 0.25) is 0 Å². The van der Waals surface area contributed by atoms with Crippen molar-refractivity contribution in [1.82, 2.24) is 19.1 Å². The Balaban J connectivity index is 1.22. The fourth-order valence-electron chi connectivity index (χ4n) is 6.85. The summed E-state index contributed by atoms with van der Waals surface area (Å²) in [5.74, 6) is -0.236. The number of H-pyrrole nitrogens is 1. The van der Waals surface area contributed by atoms with Gasteiger partial charge in [0.2, 0.25) is 10.0 Å². The molecule has 2 N–H and O–H groups in total. The third-order valence-electron chi connectivity index (χ3n) is 8.92. The molecule has 3 heterocycles. The van der Waals surface area contributed by atoms with E-state index in [-0.39, 0.29) is 46.9 Å². The molecule has 2 saturated carbocycles. The summed E-state index contributed by atoms with van der Waals surface area (Å²) in [5.41, 5.74) is 1.13. The fraction of sp³-hybridized carbons (Fsp3) is 0.548. The van der Waals surface area contributed by atoms with E-state index in [1.807, 2.05) is 31.5 Å². The number of rotatable bonds is 5. The van der Waals surface area contributed by atoms with E-state index in [0.29, 0.717) is 53.7 Å². The van der Waals surface area contributed by atoms with E-state index in [1.165, 1.54) is 0 Å². The zero-order chi connectivity index (χ0) is 30.5. The van der Waals surface area contributed by atoms with Crippen LogP contribution in [0.25, 0.3) is 10.9 Å². The summed E-state index contributed by atoms with van der Waals surface area (Å²) >= 11 is 0. The van der Waals surface area contributed by atoms with Gasteiger partial charge in [0.05, 0.1) is 34.4 Å². The number of hydrogen-bond acceptors (Lipinski definition) is 8. The molecular weight excluding hydrogens is 568 g/mol. The highest BCUT2D eigenvalue weighted by atomic mass is 32.2. The Labute approximate surface area is 251 Å². The second kappa shape index (κ2) is 11.1. The summed E-state index contributed by atoms with van der Waals surface area (Å²) in [6.45, 7) is 5.79. The minimum absolute atomic E-state index is 0.122. The first-order valence-corrected chi connectivity index (χ1v) is 16.5. The van der Waals surface area contributed by atoms with Crippen LogP contribution in [0.5, 0.6) is 0 Å². The molecule has 0 saturated heterocycles. The fourth-order valence-corrected chi connectivity index (χ4v) is 8.71. The Morgan fingerprint density at radius 3 is 2.58 bits per heavy atom. The van der Waals surface area contributed by atoms with Crippen LogP contribution in [0.3, 0.4) is 0 Å². The van der Waals surface area contributed by atoms with Crippen molar-refractivity contribution in [2.75, 3.05) is 5.32 Å². The molecule has 2 fully saturated rings. The highest BCUT2D eigenvalue weighted by molar-refractivity contribution is 7.89. The molecule has 0 radical (unpaired) electrons. The first-order chi connectivity index (χ1) is 20.5. The Bertz CT molecular complexity index is 1760. The smallest absolute Gasteiger partial charge is 0.309 e. The van der Waals surface area contributed by atoms with Crippen LogP contribution < -0.4 is 10.9 Å². The summed E-state index contributed by atoms with van der Waals surface area (Å²) in [6, 6.07) is 9.03. The molecular formula is C31H38N6O5S. The number of fused-ring (bicyclic) bond motifs is 2. The third kappa shape index (κ3) is 5.56. The average molecular weight is 607 g/mol. The number of esters is 1. The Kier molecular flexibility index (Phi) is 7.59. The first kappa shape index (κ1) is 29.4. The Morgan fingerprint density at radius 2 is 1.86 bits per heavy atom. The molecule has 0 spiro atoms. The van der Waals surface area contributed by atoms with Crippen LogP contribution >= 0.6 is 0 Å². The number of aromatic nitrogens is 3. The number of hydrogen-bond donors (Lipinski definition) is 2. The number of nitrogens with one attached hydrogen (secondary N) is 2. The molecule has 228 valence electrons. The quantitative estimate of drug-likeness (QED) is 0.380. The van der Waals surface area contributed by atoms with Crippen LogP contribution in [-0.2, 0) is 26.1 Å². The van der Waals surface area contributed by atoms with Crippen molar-refractivity contribution < 1.29 is 17.9 Å². The number of benzene rings is 1. The topological polar surface area (TPSA) is 150 Å². The van der Waals surface area contributed by atoms with Crippen LogP contribution in [0.4, 0.5) is 11.5 Å². The monoisotopic (exact) mass is 606 g/mol. The van der Waals surface area contributed by atoms with Gasteiger partial charge in [-0.25, -0.2) is 8.42 Å². The molecule has 12 heteroatoms. The predicted octanol–water partition coefficient (Wildman–Crippen LogP) is 5.13. The second-order valence-corrected chi connectivity index (χ2v) is 14.8. The van der Waals surface area contributed by atoms with Crippen LogP contribution in [0.15, 0.2) is 40.2 Å². The van der Waals surface area contributed by atoms with E-state index < -0.39 is 15.6 Å². The van der Waals surface area contributed by atoms with Crippen molar-refractivity contribution >= 4 is 38.4 Å². The van der Waals surface area contributed by atoms with E-state index in [4.69, 9.17) is 9.84 Å². The van der Waals surface area contributed by atoms with Crippen LogP contribution in [0, 0.1) is 23.2 Å². The molecule has 2 unspecified atom stereocenters. The summed E-state index contributed by atoms with van der Waals surface area (Å²) in [7, 11) is -3.68. The molecule has 3 aromatic rings. The van der Waals surface area contributed by atoms with Crippen LogP contribution in [-0.4, -0.2) is 45.1 Å². The number of pyridine rings is 1. The van der Waals surface area contributed by atoms with Gasteiger partial charge in [-0.3, -0.25) is 14.3 Å². The zero-order valence-corrected chi connectivity index (χ0v) is 25.6. The van der Waals surface area contributed by atoms with Gasteiger partial charge < -0.3 is 15.0 Å².